The Hall–Kier alpha value is -1.92. The maximum atomic E-state index is 11.9. The van der Waals surface area contributed by atoms with Crippen molar-refractivity contribution in [2.24, 2.45) is 5.92 Å². The largest absolute Gasteiger partial charge is 0.491 e. The van der Waals surface area contributed by atoms with Crippen LogP contribution in [-0.2, 0) is 4.74 Å². The molecular formula is C13H16F3NO3. The lowest BCUT2D eigenvalue weighted by molar-refractivity contribution is -0.159. The number of carbonyl (C=O) groups excluding carboxylic acids is 1. The van der Waals surface area contributed by atoms with Crippen LogP contribution in [0.25, 0.3) is 0 Å². The zero-order chi connectivity index (χ0) is 15.2. The lowest BCUT2D eigenvalue weighted by atomic mass is 10.2. The lowest BCUT2D eigenvalue weighted by Crippen LogP contribution is -2.23. The van der Waals surface area contributed by atoms with Crippen molar-refractivity contribution >= 4 is 11.8 Å². The van der Waals surface area contributed by atoms with Crippen LogP contribution in [0, 0.1) is 5.92 Å². The Labute approximate surface area is 114 Å². The molecule has 0 bridgehead atoms. The second kappa shape index (κ2) is 7.02. The van der Waals surface area contributed by atoms with Crippen LogP contribution in [0.15, 0.2) is 24.3 Å². The van der Waals surface area contributed by atoms with Gasteiger partial charge in [0, 0.05) is 0 Å². The molecule has 1 aromatic rings. The van der Waals surface area contributed by atoms with E-state index in [0.717, 1.165) is 0 Å². The molecule has 0 unspecified atom stereocenters. The van der Waals surface area contributed by atoms with Gasteiger partial charge in [0.05, 0.1) is 12.3 Å². The average molecular weight is 291 g/mol. The van der Waals surface area contributed by atoms with Gasteiger partial charge < -0.3 is 9.47 Å². The van der Waals surface area contributed by atoms with Crippen molar-refractivity contribution in [3.63, 3.8) is 0 Å². The van der Waals surface area contributed by atoms with Gasteiger partial charge in [0.15, 0.2) is 6.61 Å². The van der Waals surface area contributed by atoms with Crippen LogP contribution in [0.4, 0.5) is 23.7 Å². The molecule has 0 atom stereocenters. The monoisotopic (exact) mass is 291 g/mol. The lowest BCUT2D eigenvalue weighted by Gasteiger charge is -2.14. The predicted octanol–water partition coefficient (Wildman–Crippen LogP) is 3.83. The molecule has 4 nitrogen and oxygen atoms in total. The van der Waals surface area contributed by atoms with E-state index in [-0.39, 0.29) is 11.6 Å². The Kier molecular flexibility index (Phi) is 5.66. The number of para-hydroxylation sites is 2. The highest BCUT2D eigenvalue weighted by atomic mass is 19.4. The Balaban J connectivity index is 2.60. The third kappa shape index (κ3) is 6.31. The molecule has 0 aliphatic heterocycles. The highest BCUT2D eigenvalue weighted by Crippen LogP contribution is 2.24. The summed E-state index contributed by atoms with van der Waals surface area (Å²) in [6.07, 6.45) is -5.73. The van der Waals surface area contributed by atoms with Gasteiger partial charge in [-0.2, -0.15) is 13.2 Å². The Bertz CT molecular complexity index is 447. The van der Waals surface area contributed by atoms with Crippen LogP contribution in [0.1, 0.15) is 13.8 Å². The van der Waals surface area contributed by atoms with Crippen molar-refractivity contribution < 1.29 is 27.4 Å². The van der Waals surface area contributed by atoms with Crippen molar-refractivity contribution in [1.82, 2.24) is 0 Å². The maximum absolute atomic E-state index is 11.9. The standard InChI is InChI=1S/C13H16F3NO3/c1-9(2)7-19-11-6-4-3-5-10(11)17-12(18)20-8-13(14,15)16/h3-6,9H,7-8H2,1-2H3,(H,17,18). The first kappa shape index (κ1) is 16.1. The Morgan fingerprint density at radius 2 is 1.95 bits per heavy atom. The average Bonchev–Trinajstić information content (AvgIpc) is 2.34. The fourth-order valence-electron chi connectivity index (χ4n) is 1.25. The number of rotatable bonds is 5. The molecule has 112 valence electrons. The molecule has 1 rings (SSSR count). The number of hydrogen-bond donors (Lipinski definition) is 1. The van der Waals surface area contributed by atoms with Crippen LogP contribution < -0.4 is 10.1 Å². The number of hydrogen-bond acceptors (Lipinski definition) is 3. The molecule has 0 fully saturated rings. The second-order valence-electron chi connectivity index (χ2n) is 4.52. The molecule has 20 heavy (non-hydrogen) atoms. The summed E-state index contributed by atoms with van der Waals surface area (Å²) in [5, 5.41) is 2.22. The van der Waals surface area contributed by atoms with Gasteiger partial charge in [-0.05, 0) is 18.1 Å². The van der Waals surface area contributed by atoms with E-state index in [1.807, 2.05) is 13.8 Å². The molecule has 1 amide bonds. The summed E-state index contributed by atoms with van der Waals surface area (Å²) in [5.74, 6) is 0.658. The zero-order valence-corrected chi connectivity index (χ0v) is 11.2. The molecular weight excluding hydrogens is 275 g/mol. The number of ether oxygens (including phenoxy) is 2. The highest BCUT2D eigenvalue weighted by Gasteiger charge is 2.29. The number of halogens is 3. The molecule has 0 spiro atoms. The summed E-state index contributed by atoms with van der Waals surface area (Å²) in [6.45, 7) is 2.70. The minimum Gasteiger partial charge on any atom is -0.491 e. The van der Waals surface area contributed by atoms with E-state index in [2.05, 4.69) is 10.1 Å². The van der Waals surface area contributed by atoms with Crippen LogP contribution in [0.5, 0.6) is 5.75 Å². The number of benzene rings is 1. The molecule has 0 saturated carbocycles. The van der Waals surface area contributed by atoms with Crippen molar-refractivity contribution in [2.75, 3.05) is 18.5 Å². The van der Waals surface area contributed by atoms with Gasteiger partial charge in [-0.3, -0.25) is 5.32 Å². The maximum Gasteiger partial charge on any atom is 0.422 e. The first-order valence-electron chi connectivity index (χ1n) is 6.00. The van der Waals surface area contributed by atoms with Gasteiger partial charge in [-0.15, -0.1) is 0 Å². The van der Waals surface area contributed by atoms with E-state index in [9.17, 15) is 18.0 Å². The molecule has 7 heteroatoms. The van der Waals surface area contributed by atoms with Crippen LogP contribution in [0.3, 0.4) is 0 Å². The van der Waals surface area contributed by atoms with E-state index < -0.39 is 18.9 Å². The number of amides is 1. The minimum atomic E-state index is -4.55. The van der Waals surface area contributed by atoms with Crippen molar-refractivity contribution in [2.45, 2.75) is 20.0 Å². The van der Waals surface area contributed by atoms with E-state index in [1.165, 1.54) is 6.07 Å². The van der Waals surface area contributed by atoms with Crippen molar-refractivity contribution in [3.8, 4) is 5.75 Å². The molecule has 0 aliphatic carbocycles. The van der Waals surface area contributed by atoms with Crippen LogP contribution in [0.2, 0.25) is 0 Å². The highest BCUT2D eigenvalue weighted by molar-refractivity contribution is 5.86. The third-order valence-electron chi connectivity index (χ3n) is 2.06. The molecule has 0 saturated heterocycles. The van der Waals surface area contributed by atoms with Crippen molar-refractivity contribution in [1.29, 1.82) is 0 Å². The molecule has 0 heterocycles. The van der Waals surface area contributed by atoms with Crippen molar-refractivity contribution in [3.05, 3.63) is 24.3 Å². The van der Waals surface area contributed by atoms with Gasteiger partial charge in [-0.25, -0.2) is 4.79 Å². The summed E-state index contributed by atoms with van der Waals surface area (Å²) in [7, 11) is 0. The Morgan fingerprint density at radius 1 is 1.30 bits per heavy atom. The van der Waals surface area contributed by atoms with Crippen LogP contribution in [-0.4, -0.2) is 25.5 Å². The fraction of sp³-hybridized carbons (Fsp3) is 0.462. The van der Waals surface area contributed by atoms with Crippen LogP contribution >= 0.6 is 0 Å². The first-order valence-corrected chi connectivity index (χ1v) is 6.00. The van der Waals surface area contributed by atoms with E-state index >= 15 is 0 Å². The van der Waals surface area contributed by atoms with Gasteiger partial charge in [0.2, 0.25) is 0 Å². The van der Waals surface area contributed by atoms with Gasteiger partial charge in [-0.1, -0.05) is 26.0 Å². The van der Waals surface area contributed by atoms with Gasteiger partial charge in [0.1, 0.15) is 5.75 Å². The number of nitrogens with one attached hydrogen (secondary N) is 1. The fourth-order valence-corrected chi connectivity index (χ4v) is 1.25. The summed E-state index contributed by atoms with van der Waals surface area (Å²) >= 11 is 0. The first-order chi connectivity index (χ1) is 9.28. The zero-order valence-electron chi connectivity index (χ0n) is 11.2. The number of anilines is 1. The second-order valence-corrected chi connectivity index (χ2v) is 4.52. The van der Waals surface area contributed by atoms with Gasteiger partial charge in [0.25, 0.3) is 0 Å². The minimum absolute atomic E-state index is 0.264. The van der Waals surface area contributed by atoms with E-state index in [0.29, 0.717) is 12.4 Å². The quantitative estimate of drug-likeness (QED) is 0.896. The van der Waals surface area contributed by atoms with Gasteiger partial charge >= 0.3 is 12.3 Å². The normalized spacial score (nSPS) is 11.3. The smallest absolute Gasteiger partial charge is 0.422 e. The molecule has 1 N–H and O–H groups in total. The van der Waals surface area contributed by atoms with E-state index in [1.54, 1.807) is 18.2 Å². The molecule has 1 aromatic carbocycles. The number of carbonyl (C=O) groups is 1. The summed E-state index contributed by atoms with van der Waals surface area (Å²) in [4.78, 5) is 11.3. The topological polar surface area (TPSA) is 47.6 Å². The number of alkyl halides is 3. The summed E-state index contributed by atoms with van der Waals surface area (Å²) < 4.78 is 45.3. The molecule has 0 aromatic heterocycles. The summed E-state index contributed by atoms with van der Waals surface area (Å²) in [6, 6.07) is 6.45. The van der Waals surface area contributed by atoms with E-state index in [4.69, 9.17) is 4.74 Å². The SMILES string of the molecule is CC(C)COc1ccccc1NC(=O)OCC(F)(F)F. The third-order valence-corrected chi connectivity index (χ3v) is 2.06. The molecule has 0 radical (unpaired) electrons. The Morgan fingerprint density at radius 3 is 2.55 bits per heavy atom. The molecule has 0 aliphatic rings. The predicted molar refractivity (Wildman–Crippen MR) is 67.8 cm³/mol. The summed E-state index contributed by atoms with van der Waals surface area (Å²) in [5.41, 5.74) is 0.264.